The van der Waals surface area contributed by atoms with Crippen molar-refractivity contribution >= 4 is 23.2 Å². The van der Waals surface area contributed by atoms with Gasteiger partial charge >= 0.3 is 0 Å². The number of likely N-dealkylation sites (tertiary alicyclic amines) is 1. The van der Waals surface area contributed by atoms with E-state index in [0.717, 1.165) is 21.9 Å². The van der Waals surface area contributed by atoms with Gasteiger partial charge in [-0.1, -0.05) is 12.1 Å². The molecule has 8 heteroatoms. The summed E-state index contributed by atoms with van der Waals surface area (Å²) < 4.78 is 19.4. The van der Waals surface area contributed by atoms with Crippen molar-refractivity contribution in [1.29, 1.82) is 0 Å². The van der Waals surface area contributed by atoms with E-state index in [2.05, 4.69) is 10.2 Å². The predicted molar refractivity (Wildman–Crippen MR) is 118 cm³/mol. The summed E-state index contributed by atoms with van der Waals surface area (Å²) in [5.74, 6) is -0.387. The Labute approximate surface area is 186 Å². The Hall–Kier alpha value is -2.29. The highest BCUT2D eigenvalue weighted by Gasteiger charge is 2.44. The molecule has 1 N–H and O–H groups in total. The number of morpholine rings is 1. The number of hydrogen-bond acceptors (Lipinski definition) is 5. The highest BCUT2D eigenvalue weighted by molar-refractivity contribution is 7.13. The van der Waals surface area contributed by atoms with E-state index in [9.17, 15) is 14.0 Å². The number of hydrogen-bond donors (Lipinski definition) is 1. The molecule has 31 heavy (non-hydrogen) atoms. The van der Waals surface area contributed by atoms with Crippen molar-refractivity contribution < 1.29 is 18.7 Å². The Morgan fingerprint density at radius 3 is 2.55 bits per heavy atom. The lowest BCUT2D eigenvalue weighted by atomic mass is 9.88. The molecule has 166 valence electrons. The minimum Gasteiger partial charge on any atom is -0.359 e. The number of rotatable bonds is 4. The van der Waals surface area contributed by atoms with Crippen LogP contribution < -0.4 is 5.32 Å². The van der Waals surface area contributed by atoms with E-state index in [1.807, 2.05) is 31.0 Å². The van der Waals surface area contributed by atoms with Crippen molar-refractivity contribution in [2.75, 3.05) is 33.2 Å². The van der Waals surface area contributed by atoms with Crippen LogP contribution in [0.1, 0.15) is 33.0 Å². The first kappa shape index (κ1) is 21.9. The number of nitrogens with one attached hydrogen (secondary N) is 1. The lowest BCUT2D eigenvalue weighted by molar-refractivity contribution is -0.180. The number of aryl methyl sites for hydroxylation is 1. The number of carbonyl (C=O) groups is 2. The normalized spacial score (nSPS) is 21.3. The molecule has 0 unspecified atom stereocenters. The summed E-state index contributed by atoms with van der Waals surface area (Å²) in [6.45, 7) is 4.84. The highest BCUT2D eigenvalue weighted by atomic mass is 32.1. The second kappa shape index (κ2) is 9.06. The molecule has 6 nitrogen and oxygen atoms in total. The summed E-state index contributed by atoms with van der Waals surface area (Å²) in [7, 11) is 2.00. The van der Waals surface area contributed by atoms with Gasteiger partial charge in [-0.05, 0) is 56.6 Å². The lowest BCUT2D eigenvalue weighted by Gasteiger charge is -2.48. The van der Waals surface area contributed by atoms with Gasteiger partial charge in [0.2, 0.25) is 0 Å². The number of carbonyl (C=O) groups excluding carboxylic acids is 2. The Kier molecular flexibility index (Phi) is 6.41. The molecule has 1 aromatic heterocycles. The Morgan fingerprint density at radius 1 is 1.19 bits per heavy atom. The van der Waals surface area contributed by atoms with Crippen molar-refractivity contribution in [2.24, 2.45) is 0 Å². The number of benzene rings is 1. The van der Waals surface area contributed by atoms with E-state index in [1.165, 1.54) is 23.5 Å². The summed E-state index contributed by atoms with van der Waals surface area (Å²) in [5, 5.41) is 2.91. The first-order valence-electron chi connectivity index (χ1n) is 10.6. The minimum atomic E-state index is -0.568. The second-order valence-electron chi connectivity index (χ2n) is 8.53. The van der Waals surface area contributed by atoms with Crippen molar-refractivity contribution in [3.05, 3.63) is 57.5 Å². The van der Waals surface area contributed by atoms with E-state index in [0.29, 0.717) is 39.0 Å². The summed E-state index contributed by atoms with van der Waals surface area (Å²) >= 11 is 1.52. The molecule has 2 aliphatic rings. The van der Waals surface area contributed by atoms with Crippen LogP contribution in [0.25, 0.3) is 0 Å². The quantitative estimate of drug-likeness (QED) is 0.786. The third-order valence-corrected chi connectivity index (χ3v) is 7.00. The molecular weight excluding hydrogens is 417 g/mol. The van der Waals surface area contributed by atoms with Gasteiger partial charge in [0.25, 0.3) is 11.8 Å². The maximum absolute atomic E-state index is 13.1. The summed E-state index contributed by atoms with van der Waals surface area (Å²) in [5.41, 5.74) is 0.414. The van der Waals surface area contributed by atoms with Crippen LogP contribution in [0.4, 0.5) is 4.39 Å². The van der Waals surface area contributed by atoms with Gasteiger partial charge in [-0.2, -0.15) is 0 Å². The van der Waals surface area contributed by atoms with Crippen LogP contribution in [0.2, 0.25) is 0 Å². The molecule has 2 aromatic rings. The molecule has 0 bridgehead atoms. The molecule has 1 aromatic carbocycles. The van der Waals surface area contributed by atoms with Crippen LogP contribution in [-0.2, 0) is 16.1 Å². The molecular formula is C23H28FN3O3S. The van der Waals surface area contributed by atoms with Gasteiger partial charge < -0.3 is 19.9 Å². The average molecular weight is 446 g/mol. The van der Waals surface area contributed by atoms with Crippen LogP contribution in [0.3, 0.4) is 0 Å². The molecule has 2 fully saturated rings. The third kappa shape index (κ3) is 5.14. The second-order valence-corrected chi connectivity index (χ2v) is 9.82. The third-order valence-electron chi connectivity index (χ3n) is 6.01. The molecule has 4 rings (SSSR count). The van der Waals surface area contributed by atoms with Crippen LogP contribution >= 0.6 is 11.3 Å². The molecule has 0 aliphatic carbocycles. The number of likely N-dealkylation sites (N-methyl/N-ethyl adjacent to an activating group) is 1. The van der Waals surface area contributed by atoms with Crippen LogP contribution in [0.5, 0.6) is 0 Å². The molecule has 1 atom stereocenters. The average Bonchev–Trinajstić information content (AvgIpc) is 3.19. The molecule has 0 saturated carbocycles. The number of ether oxygens (including phenoxy) is 1. The van der Waals surface area contributed by atoms with E-state index in [1.54, 1.807) is 12.1 Å². The number of amides is 2. The molecule has 2 amide bonds. The van der Waals surface area contributed by atoms with Gasteiger partial charge in [-0.15, -0.1) is 11.3 Å². The van der Waals surface area contributed by atoms with E-state index >= 15 is 0 Å². The number of nitrogens with zero attached hydrogens (tertiary/aromatic N) is 2. The van der Waals surface area contributed by atoms with Crippen molar-refractivity contribution in [3.63, 3.8) is 0 Å². The van der Waals surface area contributed by atoms with E-state index in [-0.39, 0.29) is 17.6 Å². The molecule has 2 saturated heterocycles. The maximum atomic E-state index is 13.1. The van der Waals surface area contributed by atoms with Gasteiger partial charge in [-0.25, -0.2) is 4.39 Å². The fraction of sp³-hybridized carbons (Fsp3) is 0.478. The number of piperidine rings is 1. The fourth-order valence-electron chi connectivity index (χ4n) is 4.36. The van der Waals surface area contributed by atoms with Crippen molar-refractivity contribution in [2.45, 2.75) is 38.0 Å². The smallest absolute Gasteiger partial charge is 0.263 e. The van der Waals surface area contributed by atoms with Crippen LogP contribution in [-0.4, -0.2) is 66.5 Å². The zero-order chi connectivity index (χ0) is 22.0. The van der Waals surface area contributed by atoms with Crippen molar-refractivity contribution in [3.8, 4) is 0 Å². The minimum absolute atomic E-state index is 0.0747. The van der Waals surface area contributed by atoms with E-state index < -0.39 is 11.7 Å². The van der Waals surface area contributed by atoms with Gasteiger partial charge in [0.05, 0.1) is 10.5 Å². The summed E-state index contributed by atoms with van der Waals surface area (Å²) in [4.78, 5) is 31.4. The Bertz CT molecular complexity index is 938. The highest BCUT2D eigenvalue weighted by Crippen LogP contribution is 2.33. The van der Waals surface area contributed by atoms with Crippen LogP contribution in [0.15, 0.2) is 36.4 Å². The largest absolute Gasteiger partial charge is 0.359 e. The summed E-state index contributed by atoms with van der Waals surface area (Å²) in [6, 6.07) is 9.94. The van der Waals surface area contributed by atoms with Crippen molar-refractivity contribution in [1.82, 2.24) is 15.1 Å². The zero-order valence-electron chi connectivity index (χ0n) is 17.9. The first-order valence-corrected chi connectivity index (χ1v) is 11.4. The monoisotopic (exact) mass is 445 g/mol. The summed E-state index contributed by atoms with van der Waals surface area (Å²) in [6.07, 6.45) is 0.839. The van der Waals surface area contributed by atoms with Gasteiger partial charge in [0.1, 0.15) is 11.9 Å². The Balaban J connectivity index is 1.34. The fourth-order valence-corrected chi connectivity index (χ4v) is 5.19. The predicted octanol–water partition coefficient (Wildman–Crippen LogP) is 2.82. The standard InChI is InChI=1S/C23H28FN3O3S/c1-16-3-8-20(31-16)22(29)27-11-9-23(10-12-27)15-26(2)14-19(30-23)21(28)25-13-17-4-6-18(24)7-5-17/h3-8,19H,9-15H2,1-2H3,(H,25,28)/t19-/m1/s1. The topological polar surface area (TPSA) is 61.9 Å². The van der Waals surface area contributed by atoms with Gasteiger partial charge in [0, 0.05) is 37.6 Å². The molecule has 1 spiro atoms. The molecule has 2 aliphatic heterocycles. The molecule has 0 radical (unpaired) electrons. The van der Waals surface area contributed by atoms with Gasteiger partial charge in [0.15, 0.2) is 0 Å². The van der Waals surface area contributed by atoms with Gasteiger partial charge in [-0.3, -0.25) is 9.59 Å². The SMILES string of the molecule is Cc1ccc(C(=O)N2CCC3(CC2)CN(C)C[C@H](C(=O)NCc2ccc(F)cc2)O3)s1. The zero-order valence-corrected chi connectivity index (χ0v) is 18.7. The number of halogens is 1. The molecule has 3 heterocycles. The first-order chi connectivity index (χ1) is 14.8. The Morgan fingerprint density at radius 2 is 1.90 bits per heavy atom. The number of thiophene rings is 1. The van der Waals surface area contributed by atoms with Crippen LogP contribution in [0, 0.1) is 12.7 Å². The maximum Gasteiger partial charge on any atom is 0.263 e. The van der Waals surface area contributed by atoms with E-state index in [4.69, 9.17) is 4.74 Å². The lowest BCUT2D eigenvalue weighted by Crippen LogP contribution is -2.61.